The second-order valence-electron chi connectivity index (χ2n) is 4.69. The van der Waals surface area contributed by atoms with Crippen LogP contribution in [0.3, 0.4) is 0 Å². The van der Waals surface area contributed by atoms with E-state index in [0.717, 1.165) is 32.2 Å². The maximum absolute atomic E-state index is 11.6. The number of unbranched alkanes of at least 4 members (excludes halogenated alkanes) is 6. The van der Waals surface area contributed by atoms with Crippen LogP contribution in [0.5, 0.6) is 0 Å². The van der Waals surface area contributed by atoms with Crippen LogP contribution in [-0.2, 0) is 4.79 Å². The molecule has 16 heavy (non-hydrogen) atoms. The summed E-state index contributed by atoms with van der Waals surface area (Å²) in [5, 5.41) is 0. The van der Waals surface area contributed by atoms with E-state index in [4.69, 9.17) is 0 Å². The number of nitrogens with zero attached hydrogens (tertiary/aromatic N) is 1. The third-order valence-electron chi connectivity index (χ3n) is 3.02. The van der Waals surface area contributed by atoms with E-state index in [0.29, 0.717) is 5.91 Å². The molecular weight excluding hydrogens is 198 g/mol. The Morgan fingerprint density at radius 1 is 0.875 bits per heavy atom. The van der Waals surface area contributed by atoms with E-state index >= 15 is 0 Å². The van der Waals surface area contributed by atoms with E-state index in [1.807, 2.05) is 11.9 Å². The molecule has 0 spiro atoms. The van der Waals surface area contributed by atoms with Crippen molar-refractivity contribution in [2.45, 2.75) is 71.6 Å². The zero-order chi connectivity index (χ0) is 12.2. The van der Waals surface area contributed by atoms with Crippen molar-refractivity contribution in [2.75, 3.05) is 13.6 Å². The molecule has 0 aromatic heterocycles. The second kappa shape index (κ2) is 11.0. The summed E-state index contributed by atoms with van der Waals surface area (Å²) in [6.07, 6.45) is 10.6. The van der Waals surface area contributed by atoms with Crippen LogP contribution in [0.4, 0.5) is 0 Å². The molecule has 0 heterocycles. The number of carbonyl (C=O) groups is 1. The summed E-state index contributed by atoms with van der Waals surface area (Å²) in [6.45, 7) is 5.30. The lowest BCUT2D eigenvalue weighted by Gasteiger charge is -2.16. The predicted molar refractivity (Wildman–Crippen MR) is 70.5 cm³/mol. The van der Waals surface area contributed by atoms with Gasteiger partial charge < -0.3 is 4.90 Å². The van der Waals surface area contributed by atoms with Crippen LogP contribution in [0.2, 0.25) is 0 Å². The Labute approximate surface area is 101 Å². The number of rotatable bonds is 10. The monoisotopic (exact) mass is 227 g/mol. The van der Waals surface area contributed by atoms with Crippen LogP contribution in [0.1, 0.15) is 71.6 Å². The van der Waals surface area contributed by atoms with E-state index in [2.05, 4.69) is 13.8 Å². The van der Waals surface area contributed by atoms with Crippen LogP contribution in [0.25, 0.3) is 0 Å². The van der Waals surface area contributed by atoms with Crippen molar-refractivity contribution in [1.82, 2.24) is 4.90 Å². The van der Waals surface area contributed by atoms with E-state index < -0.39 is 0 Å². The average molecular weight is 227 g/mol. The molecule has 0 saturated carbocycles. The Bertz CT molecular complexity index is 168. The molecule has 0 aromatic carbocycles. The third kappa shape index (κ3) is 8.75. The molecular formula is C14H29NO. The van der Waals surface area contributed by atoms with Gasteiger partial charge in [-0.15, -0.1) is 0 Å². The van der Waals surface area contributed by atoms with E-state index in [1.165, 1.54) is 32.1 Å². The standard InChI is InChI=1S/C14H29NO/c1-4-6-8-9-10-11-13-15(3)14(16)12-7-5-2/h4-13H2,1-3H3. The summed E-state index contributed by atoms with van der Waals surface area (Å²) in [6, 6.07) is 0. The smallest absolute Gasteiger partial charge is 0.222 e. The third-order valence-corrected chi connectivity index (χ3v) is 3.02. The summed E-state index contributed by atoms with van der Waals surface area (Å²) in [5.74, 6) is 0.315. The highest BCUT2D eigenvalue weighted by Crippen LogP contribution is 2.06. The van der Waals surface area contributed by atoms with Crippen molar-refractivity contribution in [3.05, 3.63) is 0 Å². The fraction of sp³-hybridized carbons (Fsp3) is 0.929. The molecule has 2 nitrogen and oxygen atoms in total. The van der Waals surface area contributed by atoms with Gasteiger partial charge in [0, 0.05) is 20.0 Å². The Hall–Kier alpha value is -0.530. The molecule has 0 aromatic rings. The molecule has 0 bridgehead atoms. The molecule has 0 saturated heterocycles. The van der Waals surface area contributed by atoms with Gasteiger partial charge in [-0.2, -0.15) is 0 Å². The predicted octanol–water partition coefficient (Wildman–Crippen LogP) is 4.00. The van der Waals surface area contributed by atoms with Gasteiger partial charge >= 0.3 is 0 Å². The van der Waals surface area contributed by atoms with Gasteiger partial charge in [-0.25, -0.2) is 0 Å². The van der Waals surface area contributed by atoms with Gasteiger partial charge in [0.2, 0.25) is 5.91 Å². The van der Waals surface area contributed by atoms with Gasteiger partial charge in [0.1, 0.15) is 0 Å². The molecule has 0 aliphatic heterocycles. The normalized spacial score (nSPS) is 10.4. The first-order valence-corrected chi connectivity index (χ1v) is 6.96. The molecule has 0 aliphatic rings. The van der Waals surface area contributed by atoms with Crippen molar-refractivity contribution in [1.29, 1.82) is 0 Å². The number of carbonyl (C=O) groups excluding carboxylic acids is 1. The Balaban J connectivity index is 3.35. The zero-order valence-electron chi connectivity index (χ0n) is 11.4. The highest BCUT2D eigenvalue weighted by Gasteiger charge is 2.06. The molecule has 0 unspecified atom stereocenters. The van der Waals surface area contributed by atoms with Gasteiger partial charge in [-0.1, -0.05) is 52.4 Å². The summed E-state index contributed by atoms with van der Waals surface area (Å²) < 4.78 is 0. The maximum Gasteiger partial charge on any atom is 0.222 e. The highest BCUT2D eigenvalue weighted by molar-refractivity contribution is 5.75. The molecule has 0 atom stereocenters. The summed E-state index contributed by atoms with van der Waals surface area (Å²) in [7, 11) is 1.93. The maximum atomic E-state index is 11.6. The fourth-order valence-corrected chi connectivity index (χ4v) is 1.77. The highest BCUT2D eigenvalue weighted by atomic mass is 16.2. The first-order valence-electron chi connectivity index (χ1n) is 6.96. The quantitative estimate of drug-likeness (QED) is 0.517. The summed E-state index contributed by atoms with van der Waals surface area (Å²) in [4.78, 5) is 13.5. The Morgan fingerprint density at radius 2 is 1.44 bits per heavy atom. The first-order chi connectivity index (χ1) is 7.72. The average Bonchev–Trinajstić information content (AvgIpc) is 2.30. The van der Waals surface area contributed by atoms with Crippen LogP contribution >= 0.6 is 0 Å². The molecule has 1 amide bonds. The van der Waals surface area contributed by atoms with Gasteiger partial charge in [-0.05, 0) is 12.8 Å². The lowest BCUT2D eigenvalue weighted by molar-refractivity contribution is -0.130. The lowest BCUT2D eigenvalue weighted by Crippen LogP contribution is -2.27. The number of hydrogen-bond donors (Lipinski definition) is 0. The molecule has 0 aliphatic carbocycles. The first kappa shape index (κ1) is 15.5. The van der Waals surface area contributed by atoms with Crippen molar-refractivity contribution < 1.29 is 4.79 Å². The van der Waals surface area contributed by atoms with Crippen molar-refractivity contribution >= 4 is 5.91 Å². The molecule has 0 rings (SSSR count). The second-order valence-corrected chi connectivity index (χ2v) is 4.69. The largest absolute Gasteiger partial charge is 0.346 e. The van der Waals surface area contributed by atoms with Crippen molar-refractivity contribution in [3.63, 3.8) is 0 Å². The molecule has 0 N–H and O–H groups in total. The summed E-state index contributed by atoms with van der Waals surface area (Å²) in [5.41, 5.74) is 0. The molecule has 0 radical (unpaired) electrons. The minimum absolute atomic E-state index is 0.315. The van der Waals surface area contributed by atoms with E-state index in [9.17, 15) is 4.79 Å². The van der Waals surface area contributed by atoms with E-state index in [1.54, 1.807) is 0 Å². The molecule has 96 valence electrons. The van der Waals surface area contributed by atoms with Gasteiger partial charge in [0.05, 0.1) is 0 Å². The van der Waals surface area contributed by atoms with Crippen LogP contribution in [0.15, 0.2) is 0 Å². The van der Waals surface area contributed by atoms with Crippen molar-refractivity contribution in [3.8, 4) is 0 Å². The minimum Gasteiger partial charge on any atom is -0.346 e. The number of amides is 1. The van der Waals surface area contributed by atoms with Gasteiger partial charge in [0.15, 0.2) is 0 Å². The zero-order valence-corrected chi connectivity index (χ0v) is 11.4. The van der Waals surface area contributed by atoms with Crippen molar-refractivity contribution in [2.24, 2.45) is 0 Å². The Kier molecular flexibility index (Phi) is 10.6. The fourth-order valence-electron chi connectivity index (χ4n) is 1.77. The minimum atomic E-state index is 0.315. The summed E-state index contributed by atoms with van der Waals surface area (Å²) >= 11 is 0. The van der Waals surface area contributed by atoms with Crippen LogP contribution < -0.4 is 0 Å². The SMILES string of the molecule is CCCCCCCCN(C)C(=O)CCCC. The molecule has 2 heteroatoms. The van der Waals surface area contributed by atoms with Gasteiger partial charge in [0.25, 0.3) is 0 Å². The van der Waals surface area contributed by atoms with Gasteiger partial charge in [-0.3, -0.25) is 4.79 Å². The van der Waals surface area contributed by atoms with Crippen LogP contribution in [0, 0.1) is 0 Å². The lowest BCUT2D eigenvalue weighted by atomic mass is 10.1. The Morgan fingerprint density at radius 3 is 2.06 bits per heavy atom. The molecule has 0 fully saturated rings. The number of hydrogen-bond acceptors (Lipinski definition) is 1. The van der Waals surface area contributed by atoms with E-state index in [-0.39, 0.29) is 0 Å². The van der Waals surface area contributed by atoms with Crippen LogP contribution in [-0.4, -0.2) is 24.4 Å². The topological polar surface area (TPSA) is 20.3 Å².